The predicted molar refractivity (Wildman–Crippen MR) is 145 cm³/mol. The molecule has 1 unspecified atom stereocenters. The second-order valence-electron chi connectivity index (χ2n) is 12.4. The Hall–Kier alpha value is -2.93. The number of carbonyl (C=O) groups excluding carboxylic acids is 3. The molecule has 1 fully saturated rings. The minimum atomic E-state index is -0.590. The molecular formula is C30H40N4O3. The molecule has 37 heavy (non-hydrogen) atoms. The highest BCUT2D eigenvalue weighted by molar-refractivity contribution is 6.06. The number of carbonyl (C=O) groups is 3. The van der Waals surface area contributed by atoms with Gasteiger partial charge in [0, 0.05) is 36.5 Å². The Kier molecular flexibility index (Phi) is 6.77. The minimum absolute atomic E-state index is 0.0423. The molecule has 0 spiro atoms. The van der Waals surface area contributed by atoms with Crippen LogP contribution in [0.15, 0.2) is 18.2 Å². The van der Waals surface area contributed by atoms with Gasteiger partial charge in [-0.1, -0.05) is 38.8 Å². The van der Waals surface area contributed by atoms with Gasteiger partial charge in [0.25, 0.3) is 5.91 Å². The SMILES string of the molecule is Cc1c(C(=O)NC(CCC2CC2)C(=O)N2CCc3cc(CN(C)C)ccc32)[nH]c2c1C(=O)CC(C)(C)C2. The highest BCUT2D eigenvalue weighted by Crippen LogP contribution is 2.37. The Bertz CT molecular complexity index is 1240. The monoisotopic (exact) mass is 504 g/mol. The molecule has 2 N–H and O–H groups in total. The second kappa shape index (κ2) is 9.75. The molecule has 0 radical (unpaired) electrons. The Morgan fingerprint density at radius 1 is 1.22 bits per heavy atom. The molecule has 2 heterocycles. The van der Waals surface area contributed by atoms with Crippen molar-refractivity contribution in [2.24, 2.45) is 11.3 Å². The zero-order valence-electron chi connectivity index (χ0n) is 22.9. The third-order valence-electron chi connectivity index (χ3n) is 8.10. The number of H-pyrrole nitrogens is 1. The van der Waals surface area contributed by atoms with Crippen molar-refractivity contribution in [1.29, 1.82) is 0 Å². The quantitative estimate of drug-likeness (QED) is 0.557. The van der Waals surface area contributed by atoms with E-state index in [-0.39, 0.29) is 23.0 Å². The standard InChI is InChI=1S/C30H40N4O3/c1-18-26-23(15-30(2,3)16-25(26)35)31-27(18)28(36)32-22(10-8-19-6-7-19)29(37)34-13-12-21-14-20(17-33(4)5)9-11-24(21)34/h9,11,14,19,22,31H,6-8,10,12-13,15-17H2,1-5H3,(H,32,36). The number of fused-ring (bicyclic) bond motifs is 2. The molecule has 1 aliphatic heterocycles. The van der Waals surface area contributed by atoms with Gasteiger partial charge in [-0.05, 0) is 80.8 Å². The van der Waals surface area contributed by atoms with Gasteiger partial charge >= 0.3 is 0 Å². The van der Waals surface area contributed by atoms with Crippen molar-refractivity contribution < 1.29 is 14.4 Å². The molecule has 1 aromatic carbocycles. The van der Waals surface area contributed by atoms with Crippen LogP contribution in [0.2, 0.25) is 0 Å². The summed E-state index contributed by atoms with van der Waals surface area (Å²) in [6.45, 7) is 7.49. The second-order valence-corrected chi connectivity index (χ2v) is 12.4. The van der Waals surface area contributed by atoms with E-state index >= 15 is 0 Å². The van der Waals surface area contributed by atoms with Crippen LogP contribution < -0.4 is 10.2 Å². The summed E-state index contributed by atoms with van der Waals surface area (Å²) in [6.07, 6.45) is 6.01. The number of ketones is 1. The van der Waals surface area contributed by atoms with Crippen LogP contribution in [-0.4, -0.2) is 54.2 Å². The number of anilines is 1. The van der Waals surface area contributed by atoms with Crippen molar-refractivity contribution in [1.82, 2.24) is 15.2 Å². The number of Topliss-reactive ketones (excluding diaryl/α,β-unsaturated/α-hetero) is 1. The summed E-state index contributed by atoms with van der Waals surface area (Å²) < 4.78 is 0. The van der Waals surface area contributed by atoms with Crippen LogP contribution in [0.25, 0.3) is 0 Å². The van der Waals surface area contributed by atoms with Gasteiger partial charge in [0.2, 0.25) is 5.91 Å². The fraction of sp³-hybridized carbons (Fsp3) is 0.567. The molecular weight excluding hydrogens is 464 g/mol. The van der Waals surface area contributed by atoms with Crippen LogP contribution in [0, 0.1) is 18.3 Å². The van der Waals surface area contributed by atoms with Gasteiger partial charge in [0.15, 0.2) is 5.78 Å². The number of nitrogens with one attached hydrogen (secondary N) is 2. The van der Waals surface area contributed by atoms with Crippen LogP contribution >= 0.6 is 0 Å². The lowest BCUT2D eigenvalue weighted by molar-refractivity contribution is -0.120. The van der Waals surface area contributed by atoms with Crippen molar-refractivity contribution in [3.8, 4) is 0 Å². The topological polar surface area (TPSA) is 85.5 Å². The van der Waals surface area contributed by atoms with Gasteiger partial charge in [-0.3, -0.25) is 14.4 Å². The molecule has 7 heteroatoms. The van der Waals surface area contributed by atoms with E-state index in [0.29, 0.717) is 42.1 Å². The Balaban J connectivity index is 1.36. The summed E-state index contributed by atoms with van der Waals surface area (Å²) in [4.78, 5) is 47.4. The highest BCUT2D eigenvalue weighted by atomic mass is 16.2. The maximum absolute atomic E-state index is 13.8. The predicted octanol–water partition coefficient (Wildman–Crippen LogP) is 4.42. The van der Waals surface area contributed by atoms with Crippen molar-refractivity contribution in [3.63, 3.8) is 0 Å². The Labute approximate surface area is 220 Å². The van der Waals surface area contributed by atoms with Gasteiger partial charge in [0.1, 0.15) is 11.7 Å². The number of amides is 2. The number of hydrogen-bond acceptors (Lipinski definition) is 4. The Morgan fingerprint density at radius 3 is 2.68 bits per heavy atom. The van der Waals surface area contributed by atoms with E-state index in [1.165, 1.54) is 24.0 Å². The van der Waals surface area contributed by atoms with Gasteiger partial charge in [0.05, 0.1) is 0 Å². The lowest BCUT2D eigenvalue weighted by atomic mass is 9.75. The normalized spacial score (nSPS) is 19.1. The first-order valence-corrected chi connectivity index (χ1v) is 13.7. The Morgan fingerprint density at radius 2 is 1.97 bits per heavy atom. The van der Waals surface area contributed by atoms with Crippen molar-refractivity contribution in [2.45, 2.75) is 78.3 Å². The summed E-state index contributed by atoms with van der Waals surface area (Å²) in [7, 11) is 4.10. The summed E-state index contributed by atoms with van der Waals surface area (Å²) in [5.41, 5.74) is 5.86. The molecule has 198 valence electrons. The van der Waals surface area contributed by atoms with E-state index in [4.69, 9.17) is 0 Å². The van der Waals surface area contributed by atoms with E-state index in [1.807, 2.05) is 11.8 Å². The fourth-order valence-corrected chi connectivity index (χ4v) is 6.09. The van der Waals surface area contributed by atoms with E-state index in [1.54, 1.807) is 0 Å². The van der Waals surface area contributed by atoms with E-state index in [0.717, 1.165) is 37.2 Å². The third kappa shape index (κ3) is 5.37. The number of aromatic nitrogens is 1. The first-order valence-electron chi connectivity index (χ1n) is 13.7. The summed E-state index contributed by atoms with van der Waals surface area (Å²) in [6, 6.07) is 5.75. The van der Waals surface area contributed by atoms with Gasteiger partial charge in [-0.25, -0.2) is 0 Å². The maximum Gasteiger partial charge on any atom is 0.268 e. The molecule has 1 atom stereocenters. The average molecular weight is 505 g/mol. The largest absolute Gasteiger partial charge is 0.354 e. The molecule has 2 aliphatic carbocycles. The molecule has 7 nitrogen and oxygen atoms in total. The average Bonchev–Trinajstić information content (AvgIpc) is 3.45. The molecule has 3 aliphatic rings. The van der Waals surface area contributed by atoms with Crippen molar-refractivity contribution >= 4 is 23.3 Å². The zero-order chi connectivity index (χ0) is 26.5. The fourth-order valence-electron chi connectivity index (χ4n) is 6.09. The lowest BCUT2D eigenvalue weighted by Crippen LogP contribution is -2.48. The molecule has 1 aromatic heterocycles. The molecule has 2 amide bonds. The molecule has 0 saturated heterocycles. The highest BCUT2D eigenvalue weighted by Gasteiger charge is 2.37. The van der Waals surface area contributed by atoms with Crippen LogP contribution in [-0.2, 0) is 24.2 Å². The van der Waals surface area contributed by atoms with Crippen LogP contribution in [0.1, 0.15) is 89.2 Å². The molecule has 2 aromatic rings. The van der Waals surface area contributed by atoms with Crippen LogP contribution in [0.3, 0.4) is 0 Å². The van der Waals surface area contributed by atoms with Crippen molar-refractivity contribution in [3.05, 3.63) is 51.8 Å². The third-order valence-corrected chi connectivity index (χ3v) is 8.10. The summed E-state index contributed by atoms with van der Waals surface area (Å²) in [5, 5.41) is 3.07. The first-order chi connectivity index (χ1) is 17.5. The number of rotatable bonds is 8. The van der Waals surface area contributed by atoms with Crippen LogP contribution in [0.5, 0.6) is 0 Å². The minimum Gasteiger partial charge on any atom is -0.354 e. The number of nitrogens with zero attached hydrogens (tertiary/aromatic N) is 2. The maximum atomic E-state index is 13.8. The summed E-state index contributed by atoms with van der Waals surface area (Å²) >= 11 is 0. The zero-order valence-corrected chi connectivity index (χ0v) is 22.9. The smallest absolute Gasteiger partial charge is 0.268 e. The number of benzene rings is 1. The molecule has 5 rings (SSSR count). The molecule has 0 bridgehead atoms. The number of hydrogen-bond donors (Lipinski definition) is 2. The van der Waals surface area contributed by atoms with E-state index < -0.39 is 6.04 Å². The van der Waals surface area contributed by atoms with E-state index in [2.05, 4.69) is 61.3 Å². The molecule has 1 saturated carbocycles. The van der Waals surface area contributed by atoms with Gasteiger partial charge in [-0.2, -0.15) is 0 Å². The van der Waals surface area contributed by atoms with Crippen molar-refractivity contribution in [2.75, 3.05) is 25.5 Å². The number of aromatic amines is 1. The van der Waals surface area contributed by atoms with Crippen LogP contribution in [0.4, 0.5) is 5.69 Å². The first kappa shape index (κ1) is 25.7. The van der Waals surface area contributed by atoms with Gasteiger partial charge in [-0.15, -0.1) is 0 Å². The van der Waals surface area contributed by atoms with Gasteiger partial charge < -0.3 is 20.1 Å². The summed E-state index contributed by atoms with van der Waals surface area (Å²) in [5.74, 6) is 0.403. The lowest BCUT2D eigenvalue weighted by Gasteiger charge is -2.28. The van der Waals surface area contributed by atoms with E-state index in [9.17, 15) is 14.4 Å².